The van der Waals surface area contributed by atoms with E-state index in [0.29, 0.717) is 6.20 Å². The van der Waals surface area contributed by atoms with Crippen LogP contribution in [0, 0.1) is 0 Å². The molecule has 0 spiro atoms. The van der Waals surface area contributed by atoms with Crippen LogP contribution in [0.4, 0.5) is 19.2 Å². The predicted octanol–water partition coefficient (Wildman–Crippen LogP) is 2.14. The number of halogens is 3. The average molecular weight is 326 g/mol. The SMILES string of the molecule is ON1CC=NC=C1Nc1nc(-c2ccc(C(F)(F)F)cn2)no1. The van der Waals surface area contributed by atoms with Crippen molar-refractivity contribution in [2.75, 3.05) is 11.9 Å². The molecule has 0 aromatic carbocycles. The standard InChI is InChI=1S/C12H9F3N6O2/c13-12(14,15)7-1-2-8(17-5-7)10-19-11(23-20-10)18-9-6-16-3-4-21(9)22/h1-3,5-6,22H,4H2,(H,18,19,20). The monoisotopic (exact) mass is 326 g/mol. The summed E-state index contributed by atoms with van der Waals surface area (Å²) in [6.07, 6.45) is -0.957. The zero-order valence-electron chi connectivity index (χ0n) is 11.3. The van der Waals surface area contributed by atoms with Gasteiger partial charge in [0.1, 0.15) is 5.69 Å². The Bertz CT molecular complexity index is 753. The van der Waals surface area contributed by atoms with Gasteiger partial charge in [0, 0.05) is 12.4 Å². The van der Waals surface area contributed by atoms with Gasteiger partial charge in [-0.2, -0.15) is 18.2 Å². The van der Waals surface area contributed by atoms with E-state index in [1.807, 2.05) is 0 Å². The van der Waals surface area contributed by atoms with Crippen molar-refractivity contribution in [3.63, 3.8) is 0 Å². The van der Waals surface area contributed by atoms with Gasteiger partial charge in [-0.15, -0.1) is 0 Å². The highest BCUT2D eigenvalue weighted by atomic mass is 19.4. The highest BCUT2D eigenvalue weighted by Gasteiger charge is 2.30. The van der Waals surface area contributed by atoms with Crippen molar-refractivity contribution in [1.29, 1.82) is 0 Å². The minimum Gasteiger partial charge on any atom is -0.315 e. The molecule has 0 unspecified atom stereocenters. The first kappa shape index (κ1) is 15.0. The van der Waals surface area contributed by atoms with Crippen LogP contribution in [0.15, 0.2) is 39.9 Å². The third-order valence-corrected chi connectivity index (χ3v) is 2.82. The number of hydrogen-bond acceptors (Lipinski definition) is 8. The lowest BCUT2D eigenvalue weighted by Gasteiger charge is -2.19. The number of aromatic nitrogens is 3. The molecule has 2 aromatic rings. The minimum atomic E-state index is -4.46. The van der Waals surface area contributed by atoms with E-state index in [2.05, 4.69) is 25.4 Å². The number of nitrogens with one attached hydrogen (secondary N) is 1. The van der Waals surface area contributed by atoms with E-state index in [9.17, 15) is 18.4 Å². The molecule has 3 heterocycles. The summed E-state index contributed by atoms with van der Waals surface area (Å²) < 4.78 is 42.3. The molecule has 0 atom stereocenters. The fourth-order valence-corrected chi connectivity index (χ4v) is 1.69. The molecule has 1 aliphatic rings. The smallest absolute Gasteiger partial charge is 0.315 e. The van der Waals surface area contributed by atoms with Crippen molar-refractivity contribution in [3.05, 3.63) is 35.9 Å². The first-order valence-corrected chi connectivity index (χ1v) is 6.26. The Morgan fingerprint density at radius 1 is 1.30 bits per heavy atom. The van der Waals surface area contributed by atoms with Crippen LogP contribution in [0.25, 0.3) is 11.5 Å². The predicted molar refractivity (Wildman–Crippen MR) is 71.2 cm³/mol. The van der Waals surface area contributed by atoms with E-state index >= 15 is 0 Å². The van der Waals surface area contributed by atoms with Crippen molar-refractivity contribution in [2.24, 2.45) is 4.99 Å². The van der Waals surface area contributed by atoms with Gasteiger partial charge in [0.15, 0.2) is 5.82 Å². The highest BCUT2D eigenvalue weighted by molar-refractivity contribution is 5.62. The molecule has 23 heavy (non-hydrogen) atoms. The summed E-state index contributed by atoms with van der Waals surface area (Å²) in [7, 11) is 0. The van der Waals surface area contributed by atoms with E-state index in [1.165, 1.54) is 12.4 Å². The maximum Gasteiger partial charge on any atom is 0.417 e. The Labute approximate surface area is 126 Å². The summed E-state index contributed by atoms with van der Waals surface area (Å²) in [6.45, 7) is 0.181. The van der Waals surface area contributed by atoms with E-state index < -0.39 is 11.7 Å². The summed E-state index contributed by atoms with van der Waals surface area (Å²) in [5, 5.41) is 16.7. The number of aliphatic imine (C=N–C) groups is 1. The second-order valence-corrected chi connectivity index (χ2v) is 4.41. The van der Waals surface area contributed by atoms with Crippen LogP contribution in [0.1, 0.15) is 5.56 Å². The van der Waals surface area contributed by atoms with Gasteiger partial charge in [-0.1, -0.05) is 5.16 Å². The minimum absolute atomic E-state index is 0.00521. The van der Waals surface area contributed by atoms with Crippen LogP contribution in [-0.2, 0) is 6.18 Å². The van der Waals surface area contributed by atoms with E-state index in [0.717, 1.165) is 17.2 Å². The van der Waals surface area contributed by atoms with Crippen LogP contribution >= 0.6 is 0 Å². The molecular weight excluding hydrogens is 317 g/mol. The molecule has 1 aliphatic heterocycles. The van der Waals surface area contributed by atoms with Gasteiger partial charge in [-0.05, 0) is 12.1 Å². The van der Waals surface area contributed by atoms with Gasteiger partial charge in [0.05, 0.1) is 18.3 Å². The maximum atomic E-state index is 12.5. The van der Waals surface area contributed by atoms with Crippen molar-refractivity contribution >= 4 is 12.2 Å². The second kappa shape index (κ2) is 5.68. The number of hydroxylamine groups is 2. The lowest BCUT2D eigenvalue weighted by atomic mass is 10.2. The average Bonchev–Trinajstić information content (AvgIpc) is 2.97. The summed E-state index contributed by atoms with van der Waals surface area (Å²) in [5.41, 5.74) is -0.754. The molecule has 0 amide bonds. The van der Waals surface area contributed by atoms with Crippen molar-refractivity contribution in [3.8, 4) is 11.5 Å². The molecule has 120 valence electrons. The molecule has 2 N–H and O–H groups in total. The van der Waals surface area contributed by atoms with Gasteiger partial charge in [-0.25, -0.2) is 5.06 Å². The number of alkyl halides is 3. The van der Waals surface area contributed by atoms with E-state index in [1.54, 1.807) is 0 Å². The fourth-order valence-electron chi connectivity index (χ4n) is 1.69. The van der Waals surface area contributed by atoms with Gasteiger partial charge in [-0.3, -0.25) is 20.5 Å². The normalized spacial score (nSPS) is 14.8. The lowest BCUT2D eigenvalue weighted by Crippen LogP contribution is -2.27. The zero-order chi connectivity index (χ0) is 16.4. The molecule has 0 bridgehead atoms. The van der Waals surface area contributed by atoms with E-state index in [-0.39, 0.29) is 29.9 Å². The molecule has 0 aliphatic carbocycles. The molecule has 0 radical (unpaired) electrons. The largest absolute Gasteiger partial charge is 0.417 e. The highest BCUT2D eigenvalue weighted by Crippen LogP contribution is 2.29. The first-order valence-electron chi connectivity index (χ1n) is 6.26. The Morgan fingerprint density at radius 2 is 2.13 bits per heavy atom. The quantitative estimate of drug-likeness (QED) is 0.891. The number of nitrogens with zero attached hydrogens (tertiary/aromatic N) is 5. The molecule has 0 saturated carbocycles. The Hall–Kier alpha value is -2.95. The second-order valence-electron chi connectivity index (χ2n) is 4.41. The molecule has 3 rings (SSSR count). The summed E-state index contributed by atoms with van der Waals surface area (Å²) >= 11 is 0. The first-order chi connectivity index (χ1) is 10.9. The molecule has 8 nitrogen and oxygen atoms in total. The Morgan fingerprint density at radius 3 is 2.78 bits per heavy atom. The number of hydrogen-bond donors (Lipinski definition) is 2. The van der Waals surface area contributed by atoms with Crippen LogP contribution in [-0.4, -0.2) is 38.2 Å². The van der Waals surface area contributed by atoms with Crippen molar-refractivity contribution in [2.45, 2.75) is 6.18 Å². The summed E-state index contributed by atoms with van der Waals surface area (Å²) in [5.74, 6) is 0.216. The maximum absolute atomic E-state index is 12.5. The van der Waals surface area contributed by atoms with Crippen molar-refractivity contribution in [1.82, 2.24) is 20.2 Å². The zero-order valence-corrected chi connectivity index (χ0v) is 11.3. The number of pyridine rings is 1. The summed E-state index contributed by atoms with van der Waals surface area (Å²) in [6, 6.07) is 1.95. The number of anilines is 1. The lowest BCUT2D eigenvalue weighted by molar-refractivity contribution is -0.137. The molecule has 0 saturated heterocycles. The molecular formula is C12H9F3N6O2. The third kappa shape index (κ3) is 3.29. The van der Waals surface area contributed by atoms with Crippen molar-refractivity contribution < 1.29 is 22.9 Å². The molecule has 2 aromatic heterocycles. The van der Waals surface area contributed by atoms with Crippen LogP contribution < -0.4 is 5.32 Å². The Kier molecular flexibility index (Phi) is 3.70. The van der Waals surface area contributed by atoms with Crippen LogP contribution in [0.2, 0.25) is 0 Å². The van der Waals surface area contributed by atoms with Crippen LogP contribution in [0.3, 0.4) is 0 Å². The van der Waals surface area contributed by atoms with Crippen LogP contribution in [0.5, 0.6) is 0 Å². The van der Waals surface area contributed by atoms with E-state index in [4.69, 9.17) is 4.52 Å². The van der Waals surface area contributed by atoms with Gasteiger partial charge >= 0.3 is 12.2 Å². The Balaban J connectivity index is 1.77. The van der Waals surface area contributed by atoms with Gasteiger partial charge in [0.25, 0.3) is 0 Å². The topological polar surface area (TPSA) is 99.7 Å². The van der Waals surface area contributed by atoms with Gasteiger partial charge in [0.2, 0.25) is 5.82 Å². The fraction of sp³-hybridized carbons (Fsp3) is 0.167. The van der Waals surface area contributed by atoms with Gasteiger partial charge < -0.3 is 4.52 Å². The third-order valence-electron chi connectivity index (χ3n) is 2.82. The molecule has 0 fully saturated rings. The number of rotatable bonds is 3. The summed E-state index contributed by atoms with van der Waals surface area (Å²) in [4.78, 5) is 11.4. The molecule has 11 heteroatoms.